The molecule has 0 unspecified atom stereocenters. The molecule has 2 N–H and O–H groups in total. The van der Waals surface area contributed by atoms with Gasteiger partial charge in [-0.25, -0.2) is 0 Å². The number of para-hydroxylation sites is 1. The van der Waals surface area contributed by atoms with Crippen molar-refractivity contribution in [3.05, 3.63) is 95.6 Å². The van der Waals surface area contributed by atoms with Crippen molar-refractivity contribution in [1.82, 2.24) is 10.2 Å². The summed E-state index contributed by atoms with van der Waals surface area (Å²) in [6.45, 7) is 4.04. The number of aromatic hydroxyl groups is 1. The van der Waals surface area contributed by atoms with Crippen LogP contribution in [-0.4, -0.2) is 35.5 Å². The van der Waals surface area contributed by atoms with Crippen LogP contribution >= 0.6 is 0 Å². The third kappa shape index (κ3) is 6.83. The number of phenols is 1. The van der Waals surface area contributed by atoms with Crippen LogP contribution in [0.5, 0.6) is 11.5 Å². The molecule has 3 aromatic rings. The first-order chi connectivity index (χ1) is 16.2. The molecule has 0 atom stereocenters. The molecule has 1 heterocycles. The molecule has 0 saturated carbocycles. The molecule has 0 spiro atoms. The lowest BCUT2D eigenvalue weighted by Gasteiger charge is -2.32. The lowest BCUT2D eigenvalue weighted by Crippen LogP contribution is -2.34. The summed E-state index contributed by atoms with van der Waals surface area (Å²) in [6, 6.07) is 24.9. The summed E-state index contributed by atoms with van der Waals surface area (Å²) in [5.74, 6) is 1.71. The highest BCUT2D eigenvalue weighted by molar-refractivity contribution is 5.94. The van der Waals surface area contributed by atoms with Gasteiger partial charge in [-0.2, -0.15) is 0 Å². The van der Waals surface area contributed by atoms with E-state index in [1.807, 2.05) is 72.8 Å². The number of likely N-dealkylation sites (tertiary alicyclic amines) is 1. The van der Waals surface area contributed by atoms with Crippen LogP contribution in [0, 0.1) is 5.92 Å². The molecule has 1 aliphatic rings. The number of benzene rings is 3. The Bertz CT molecular complexity index is 1010. The predicted molar refractivity (Wildman–Crippen MR) is 130 cm³/mol. The number of ether oxygens (including phenoxy) is 1. The minimum Gasteiger partial charge on any atom is -0.508 e. The van der Waals surface area contributed by atoms with Gasteiger partial charge in [0.05, 0.1) is 0 Å². The minimum atomic E-state index is -0.0402. The number of carbonyl (C=O) groups excluding carboxylic acids is 1. The normalized spacial score (nSPS) is 14.7. The van der Waals surface area contributed by atoms with Gasteiger partial charge in [0, 0.05) is 24.2 Å². The summed E-state index contributed by atoms with van der Waals surface area (Å²) in [5, 5.41) is 13.0. The molecular weight excluding hydrogens is 412 g/mol. The fourth-order valence-corrected chi connectivity index (χ4v) is 4.25. The molecule has 0 radical (unpaired) electrons. The SMILES string of the molecule is O=C(NCCC1CCN(Cc2ccccc2O)CC1)c1ccc(OCc2ccccc2)cc1. The standard InChI is InChI=1S/C28H32N2O3/c31-27-9-5-4-8-25(27)20-30-18-15-22(16-19-30)14-17-29-28(32)24-10-12-26(13-11-24)33-21-23-6-2-1-3-7-23/h1-13,22,31H,14-21H2,(H,29,32). The van der Waals surface area contributed by atoms with Crippen LogP contribution in [-0.2, 0) is 13.2 Å². The first-order valence-electron chi connectivity index (χ1n) is 11.7. The Morgan fingerprint density at radius 1 is 0.939 bits per heavy atom. The van der Waals surface area contributed by atoms with Crippen LogP contribution in [0.4, 0.5) is 0 Å². The van der Waals surface area contributed by atoms with Gasteiger partial charge in [-0.3, -0.25) is 9.69 Å². The van der Waals surface area contributed by atoms with Crippen LogP contribution in [0.15, 0.2) is 78.9 Å². The number of rotatable bonds is 9. The van der Waals surface area contributed by atoms with E-state index >= 15 is 0 Å². The van der Waals surface area contributed by atoms with E-state index in [4.69, 9.17) is 4.74 Å². The summed E-state index contributed by atoms with van der Waals surface area (Å²) in [5.41, 5.74) is 2.75. The van der Waals surface area contributed by atoms with Crippen LogP contribution in [0.3, 0.4) is 0 Å². The molecule has 0 bridgehead atoms. The number of hydrogen-bond acceptors (Lipinski definition) is 4. The highest BCUT2D eigenvalue weighted by Crippen LogP contribution is 2.24. The second kappa shape index (κ2) is 11.5. The molecule has 1 fully saturated rings. The van der Waals surface area contributed by atoms with E-state index in [1.165, 1.54) is 0 Å². The van der Waals surface area contributed by atoms with Gasteiger partial charge in [0.25, 0.3) is 5.91 Å². The van der Waals surface area contributed by atoms with E-state index in [0.717, 1.165) is 55.8 Å². The Hall–Kier alpha value is -3.31. The molecule has 33 heavy (non-hydrogen) atoms. The van der Waals surface area contributed by atoms with Crippen LogP contribution in [0.25, 0.3) is 0 Å². The second-order valence-corrected chi connectivity index (χ2v) is 8.69. The molecule has 0 aliphatic carbocycles. The van der Waals surface area contributed by atoms with Gasteiger partial charge in [-0.15, -0.1) is 0 Å². The number of nitrogens with one attached hydrogen (secondary N) is 1. The van der Waals surface area contributed by atoms with Gasteiger partial charge in [-0.05, 0) is 74.2 Å². The van der Waals surface area contributed by atoms with Crippen molar-refractivity contribution in [2.45, 2.75) is 32.4 Å². The molecule has 0 aromatic heterocycles. The van der Waals surface area contributed by atoms with Crippen molar-refractivity contribution in [3.63, 3.8) is 0 Å². The summed E-state index contributed by atoms with van der Waals surface area (Å²) in [7, 11) is 0. The lowest BCUT2D eigenvalue weighted by molar-refractivity contribution is 0.0947. The zero-order chi connectivity index (χ0) is 22.9. The van der Waals surface area contributed by atoms with Crippen LogP contribution < -0.4 is 10.1 Å². The molecule has 1 saturated heterocycles. The molecular formula is C28H32N2O3. The number of hydrogen-bond donors (Lipinski definition) is 2. The molecule has 5 heteroatoms. The largest absolute Gasteiger partial charge is 0.508 e. The van der Waals surface area contributed by atoms with Crippen LogP contribution in [0.2, 0.25) is 0 Å². The average molecular weight is 445 g/mol. The average Bonchev–Trinajstić information content (AvgIpc) is 2.86. The van der Waals surface area contributed by atoms with Gasteiger partial charge < -0.3 is 15.2 Å². The maximum Gasteiger partial charge on any atom is 0.251 e. The Labute approximate surface area is 196 Å². The van der Waals surface area contributed by atoms with E-state index in [-0.39, 0.29) is 5.91 Å². The monoisotopic (exact) mass is 444 g/mol. The molecule has 172 valence electrons. The van der Waals surface area contributed by atoms with Crippen molar-refractivity contribution in [2.75, 3.05) is 19.6 Å². The third-order valence-corrected chi connectivity index (χ3v) is 6.30. The number of piperidine rings is 1. The van der Waals surface area contributed by atoms with Crippen molar-refractivity contribution in [3.8, 4) is 11.5 Å². The summed E-state index contributed by atoms with van der Waals surface area (Å²) in [4.78, 5) is 14.9. The highest BCUT2D eigenvalue weighted by Gasteiger charge is 2.20. The first kappa shape index (κ1) is 22.9. The molecule has 3 aromatic carbocycles. The van der Waals surface area contributed by atoms with E-state index in [2.05, 4.69) is 10.2 Å². The number of nitrogens with zero attached hydrogens (tertiary/aromatic N) is 1. The van der Waals surface area contributed by atoms with Gasteiger partial charge in [-0.1, -0.05) is 48.5 Å². The van der Waals surface area contributed by atoms with E-state index in [1.54, 1.807) is 6.07 Å². The van der Waals surface area contributed by atoms with Gasteiger partial charge in [0.1, 0.15) is 18.1 Å². The predicted octanol–water partition coefficient (Wildman–Crippen LogP) is 5.00. The molecule has 5 nitrogen and oxygen atoms in total. The molecule has 1 aliphatic heterocycles. The minimum absolute atomic E-state index is 0.0402. The fraction of sp³-hybridized carbons (Fsp3) is 0.321. The maximum atomic E-state index is 12.5. The Balaban J connectivity index is 1.14. The summed E-state index contributed by atoms with van der Waals surface area (Å²) < 4.78 is 5.79. The topological polar surface area (TPSA) is 61.8 Å². The summed E-state index contributed by atoms with van der Waals surface area (Å²) >= 11 is 0. The molecule has 4 rings (SSSR count). The van der Waals surface area contributed by atoms with Crippen molar-refractivity contribution >= 4 is 5.91 Å². The number of phenolic OH excluding ortho intramolecular Hbond substituents is 1. The Morgan fingerprint density at radius 3 is 2.36 bits per heavy atom. The Kier molecular flexibility index (Phi) is 7.99. The Morgan fingerprint density at radius 2 is 1.64 bits per heavy atom. The van der Waals surface area contributed by atoms with Crippen LogP contribution in [0.1, 0.15) is 40.7 Å². The highest BCUT2D eigenvalue weighted by atomic mass is 16.5. The van der Waals surface area contributed by atoms with Crippen molar-refractivity contribution in [2.24, 2.45) is 5.92 Å². The zero-order valence-electron chi connectivity index (χ0n) is 19.0. The van der Waals surface area contributed by atoms with Crippen molar-refractivity contribution in [1.29, 1.82) is 0 Å². The number of carbonyl (C=O) groups is 1. The zero-order valence-corrected chi connectivity index (χ0v) is 19.0. The molecule has 1 amide bonds. The van der Waals surface area contributed by atoms with E-state index < -0.39 is 0 Å². The van der Waals surface area contributed by atoms with Gasteiger partial charge in [0.2, 0.25) is 0 Å². The lowest BCUT2D eigenvalue weighted by atomic mass is 9.93. The van der Waals surface area contributed by atoms with E-state index in [9.17, 15) is 9.90 Å². The van der Waals surface area contributed by atoms with Gasteiger partial charge in [0.15, 0.2) is 0 Å². The maximum absolute atomic E-state index is 12.5. The first-order valence-corrected chi connectivity index (χ1v) is 11.7. The summed E-state index contributed by atoms with van der Waals surface area (Å²) in [6.07, 6.45) is 3.24. The quantitative estimate of drug-likeness (QED) is 0.487. The smallest absolute Gasteiger partial charge is 0.251 e. The van der Waals surface area contributed by atoms with Crippen molar-refractivity contribution < 1.29 is 14.6 Å². The second-order valence-electron chi connectivity index (χ2n) is 8.69. The fourth-order valence-electron chi connectivity index (χ4n) is 4.25. The van der Waals surface area contributed by atoms with Gasteiger partial charge >= 0.3 is 0 Å². The third-order valence-electron chi connectivity index (χ3n) is 6.30. The van der Waals surface area contributed by atoms with E-state index in [0.29, 0.717) is 30.4 Å². The number of amides is 1.